The van der Waals surface area contributed by atoms with Crippen molar-refractivity contribution in [2.45, 2.75) is 25.4 Å². The maximum absolute atomic E-state index is 10.4. The molecule has 0 aromatic carbocycles. The first-order chi connectivity index (χ1) is 11.9. The molecule has 0 bridgehead atoms. The summed E-state index contributed by atoms with van der Waals surface area (Å²) >= 11 is 0. The molecule has 0 amide bonds. The Bertz CT molecular complexity index is 508. The lowest BCUT2D eigenvalue weighted by molar-refractivity contribution is 0.0423. The zero-order chi connectivity index (χ0) is 18.1. The SMILES string of the molecule is CN(C)CC(C)(O)CN=C(NCCc1ccco1)NCC1CCOC1. The van der Waals surface area contributed by atoms with E-state index in [0.29, 0.717) is 19.0 Å². The van der Waals surface area contributed by atoms with Crippen LogP contribution in [-0.4, -0.2) is 75.1 Å². The van der Waals surface area contributed by atoms with Gasteiger partial charge in [-0.1, -0.05) is 0 Å². The number of likely N-dealkylation sites (N-methyl/N-ethyl adjacent to an activating group) is 1. The van der Waals surface area contributed by atoms with Crippen LogP contribution in [0.5, 0.6) is 0 Å². The number of aliphatic hydroxyl groups is 1. The molecular weight excluding hydrogens is 320 g/mol. The first-order valence-electron chi connectivity index (χ1n) is 8.94. The van der Waals surface area contributed by atoms with Crippen molar-refractivity contribution >= 4 is 5.96 Å². The molecule has 0 spiro atoms. The standard InChI is InChI=1S/C18H32N4O3/c1-18(23,14-22(2)3)13-21-17(20-11-15-7-10-24-12-15)19-8-6-16-5-4-9-25-16/h4-5,9,15,23H,6-8,10-14H2,1-3H3,(H2,19,20,21). The molecule has 7 nitrogen and oxygen atoms in total. The van der Waals surface area contributed by atoms with Gasteiger partial charge in [0.05, 0.1) is 25.0 Å². The van der Waals surface area contributed by atoms with E-state index < -0.39 is 5.60 Å². The van der Waals surface area contributed by atoms with Gasteiger partial charge >= 0.3 is 0 Å². The molecule has 1 aromatic rings. The van der Waals surface area contributed by atoms with Crippen molar-refractivity contribution in [3.8, 4) is 0 Å². The van der Waals surface area contributed by atoms with Gasteiger partial charge in [-0.25, -0.2) is 0 Å². The minimum absolute atomic E-state index is 0.336. The Labute approximate surface area is 150 Å². The summed E-state index contributed by atoms with van der Waals surface area (Å²) in [7, 11) is 3.89. The second kappa shape index (κ2) is 9.79. The number of nitrogens with zero attached hydrogens (tertiary/aromatic N) is 2. The van der Waals surface area contributed by atoms with Gasteiger partial charge in [0.1, 0.15) is 5.76 Å². The number of ether oxygens (including phenoxy) is 1. The monoisotopic (exact) mass is 352 g/mol. The third-order valence-electron chi connectivity index (χ3n) is 4.06. The summed E-state index contributed by atoms with van der Waals surface area (Å²) < 4.78 is 10.8. The average molecular weight is 352 g/mol. The van der Waals surface area contributed by atoms with Crippen molar-refractivity contribution in [2.75, 3.05) is 53.5 Å². The van der Waals surface area contributed by atoms with Crippen LogP contribution < -0.4 is 10.6 Å². The predicted molar refractivity (Wildman–Crippen MR) is 98.8 cm³/mol. The van der Waals surface area contributed by atoms with Crippen LogP contribution in [0.1, 0.15) is 19.1 Å². The van der Waals surface area contributed by atoms with Gasteiger partial charge in [-0.15, -0.1) is 0 Å². The second-order valence-electron chi connectivity index (χ2n) is 7.27. The van der Waals surface area contributed by atoms with Crippen LogP contribution in [-0.2, 0) is 11.2 Å². The number of nitrogens with one attached hydrogen (secondary N) is 2. The van der Waals surface area contributed by atoms with Crippen LogP contribution in [0.3, 0.4) is 0 Å². The quantitative estimate of drug-likeness (QED) is 0.448. The largest absolute Gasteiger partial charge is 0.469 e. The van der Waals surface area contributed by atoms with Gasteiger partial charge in [-0.3, -0.25) is 4.99 Å². The third kappa shape index (κ3) is 7.90. The van der Waals surface area contributed by atoms with Crippen LogP contribution >= 0.6 is 0 Å². The van der Waals surface area contributed by atoms with Gasteiger partial charge in [0.25, 0.3) is 0 Å². The molecule has 1 saturated heterocycles. The van der Waals surface area contributed by atoms with E-state index in [-0.39, 0.29) is 0 Å². The van der Waals surface area contributed by atoms with E-state index in [0.717, 1.165) is 50.9 Å². The zero-order valence-corrected chi connectivity index (χ0v) is 15.6. The lowest BCUT2D eigenvalue weighted by Crippen LogP contribution is -2.44. The van der Waals surface area contributed by atoms with Crippen molar-refractivity contribution in [1.29, 1.82) is 0 Å². The highest BCUT2D eigenvalue weighted by atomic mass is 16.5. The predicted octanol–water partition coefficient (Wildman–Crippen LogP) is 0.706. The highest BCUT2D eigenvalue weighted by Gasteiger charge is 2.21. The molecule has 7 heteroatoms. The molecule has 0 saturated carbocycles. The molecule has 1 fully saturated rings. The summed E-state index contributed by atoms with van der Waals surface area (Å²) in [5, 5.41) is 17.1. The molecule has 0 aliphatic carbocycles. The number of aliphatic imine (C=N–C) groups is 1. The summed E-state index contributed by atoms with van der Waals surface area (Å²) in [6.07, 6.45) is 3.54. The van der Waals surface area contributed by atoms with Gasteiger partial charge < -0.3 is 29.8 Å². The lowest BCUT2D eigenvalue weighted by atomic mass is 10.1. The van der Waals surface area contributed by atoms with Gasteiger partial charge in [0.15, 0.2) is 5.96 Å². The Hall–Kier alpha value is -1.57. The highest BCUT2D eigenvalue weighted by Crippen LogP contribution is 2.10. The summed E-state index contributed by atoms with van der Waals surface area (Å²) in [6.45, 7) is 5.88. The first-order valence-corrected chi connectivity index (χ1v) is 8.94. The summed E-state index contributed by atoms with van der Waals surface area (Å²) in [5.41, 5.74) is -0.865. The first kappa shape index (κ1) is 19.8. The molecule has 2 atom stereocenters. The molecule has 1 aliphatic heterocycles. The molecule has 142 valence electrons. The second-order valence-corrected chi connectivity index (χ2v) is 7.27. The maximum atomic E-state index is 10.4. The van der Waals surface area contributed by atoms with Gasteiger partial charge in [-0.05, 0) is 39.6 Å². The van der Waals surface area contributed by atoms with Crippen LogP contribution in [0.15, 0.2) is 27.8 Å². The van der Waals surface area contributed by atoms with Crippen molar-refractivity contribution in [2.24, 2.45) is 10.9 Å². The van der Waals surface area contributed by atoms with Crippen molar-refractivity contribution < 1.29 is 14.3 Å². The number of hydrogen-bond acceptors (Lipinski definition) is 5. The van der Waals surface area contributed by atoms with Crippen molar-refractivity contribution in [1.82, 2.24) is 15.5 Å². The van der Waals surface area contributed by atoms with Crippen molar-refractivity contribution in [3.63, 3.8) is 0 Å². The fraction of sp³-hybridized carbons (Fsp3) is 0.722. The Kier molecular flexibility index (Phi) is 7.74. The van der Waals surface area contributed by atoms with Crippen LogP contribution in [0, 0.1) is 5.92 Å². The third-order valence-corrected chi connectivity index (χ3v) is 4.06. The van der Waals surface area contributed by atoms with Gasteiger partial charge in [-0.2, -0.15) is 0 Å². The Morgan fingerprint density at radius 3 is 2.92 bits per heavy atom. The summed E-state index contributed by atoms with van der Waals surface area (Å²) in [5.74, 6) is 2.17. The van der Waals surface area contributed by atoms with E-state index in [1.54, 1.807) is 6.26 Å². The summed E-state index contributed by atoms with van der Waals surface area (Å²) in [4.78, 5) is 6.54. The summed E-state index contributed by atoms with van der Waals surface area (Å²) in [6, 6.07) is 3.85. The topological polar surface area (TPSA) is 82.3 Å². The zero-order valence-electron chi connectivity index (χ0n) is 15.6. The molecule has 0 radical (unpaired) electrons. The van der Waals surface area contributed by atoms with E-state index in [4.69, 9.17) is 9.15 Å². The Balaban J connectivity index is 1.85. The minimum Gasteiger partial charge on any atom is -0.469 e. The highest BCUT2D eigenvalue weighted by molar-refractivity contribution is 5.79. The van der Waals surface area contributed by atoms with Crippen LogP contribution in [0.4, 0.5) is 0 Å². The van der Waals surface area contributed by atoms with E-state index in [1.165, 1.54) is 0 Å². The number of furan rings is 1. The molecule has 3 N–H and O–H groups in total. The fourth-order valence-electron chi connectivity index (χ4n) is 2.90. The molecule has 1 aromatic heterocycles. The smallest absolute Gasteiger partial charge is 0.191 e. The fourth-order valence-corrected chi connectivity index (χ4v) is 2.90. The van der Waals surface area contributed by atoms with Gasteiger partial charge in [0, 0.05) is 38.6 Å². The minimum atomic E-state index is -0.865. The number of hydrogen-bond donors (Lipinski definition) is 3. The average Bonchev–Trinajstić information content (AvgIpc) is 3.21. The van der Waals surface area contributed by atoms with Gasteiger partial charge in [0.2, 0.25) is 0 Å². The van der Waals surface area contributed by atoms with Crippen LogP contribution in [0.2, 0.25) is 0 Å². The molecular formula is C18H32N4O3. The number of rotatable bonds is 9. The molecule has 25 heavy (non-hydrogen) atoms. The molecule has 2 rings (SSSR count). The number of guanidine groups is 1. The van der Waals surface area contributed by atoms with E-state index in [2.05, 4.69) is 15.6 Å². The molecule has 1 aliphatic rings. The Morgan fingerprint density at radius 1 is 1.44 bits per heavy atom. The lowest BCUT2D eigenvalue weighted by Gasteiger charge is -2.25. The Morgan fingerprint density at radius 2 is 2.28 bits per heavy atom. The maximum Gasteiger partial charge on any atom is 0.191 e. The molecule has 2 heterocycles. The van der Waals surface area contributed by atoms with Crippen molar-refractivity contribution in [3.05, 3.63) is 24.2 Å². The van der Waals surface area contributed by atoms with E-state index in [1.807, 2.05) is 38.1 Å². The molecule has 2 unspecified atom stereocenters. The van der Waals surface area contributed by atoms with E-state index in [9.17, 15) is 5.11 Å². The van der Waals surface area contributed by atoms with E-state index >= 15 is 0 Å². The van der Waals surface area contributed by atoms with Crippen LogP contribution in [0.25, 0.3) is 0 Å². The normalized spacial score (nSPS) is 20.7.